The van der Waals surface area contributed by atoms with Crippen LogP contribution in [0.2, 0.25) is 5.02 Å². The summed E-state index contributed by atoms with van der Waals surface area (Å²) < 4.78 is 14.3. The number of hydrogen-bond donors (Lipinski definition) is 2. The number of carbonyl (C=O) groups excluding carboxylic acids is 2. The van der Waals surface area contributed by atoms with Gasteiger partial charge in [0.25, 0.3) is 5.91 Å². The molecule has 0 saturated carbocycles. The van der Waals surface area contributed by atoms with Crippen LogP contribution in [0.25, 0.3) is 0 Å². The summed E-state index contributed by atoms with van der Waals surface area (Å²) >= 11 is 6.24. The first-order chi connectivity index (χ1) is 17.7. The van der Waals surface area contributed by atoms with Crippen molar-refractivity contribution in [1.29, 1.82) is 5.26 Å². The molecule has 0 unspecified atom stereocenters. The summed E-state index contributed by atoms with van der Waals surface area (Å²) in [6, 6.07) is 9.23. The maximum Gasteiger partial charge on any atom is 0.252 e. The van der Waals surface area contributed by atoms with Crippen molar-refractivity contribution in [2.45, 2.75) is 6.42 Å². The smallest absolute Gasteiger partial charge is 0.252 e. The van der Waals surface area contributed by atoms with Gasteiger partial charge < -0.3 is 20.4 Å². The monoisotopic (exact) mass is 522 g/mol. The fourth-order valence-corrected chi connectivity index (χ4v) is 3.33. The number of carbonyl (C=O) groups is 2. The van der Waals surface area contributed by atoms with Gasteiger partial charge in [-0.3, -0.25) is 9.59 Å². The fraction of sp³-hybridized carbons (Fsp3) is 0.200. The molecule has 2 N–H and O–H groups in total. The lowest BCUT2D eigenvalue weighted by atomic mass is 10.2. The molecular formula is C25H24ClFN8O2. The Kier molecular flexibility index (Phi) is 9.07. The summed E-state index contributed by atoms with van der Waals surface area (Å²) in [4.78, 5) is 39.5. The second kappa shape index (κ2) is 12.4. The summed E-state index contributed by atoms with van der Waals surface area (Å²) in [6.07, 6.45) is 4.47. The van der Waals surface area contributed by atoms with Gasteiger partial charge in [-0.05, 0) is 42.8 Å². The van der Waals surface area contributed by atoms with E-state index in [1.165, 1.54) is 43.7 Å². The Morgan fingerprint density at radius 2 is 1.97 bits per heavy atom. The predicted octanol–water partition coefficient (Wildman–Crippen LogP) is 3.68. The average molecular weight is 523 g/mol. The van der Waals surface area contributed by atoms with Gasteiger partial charge in [-0.15, -0.1) is 0 Å². The second-order valence-electron chi connectivity index (χ2n) is 7.74. The fourth-order valence-electron chi connectivity index (χ4n) is 3.17. The van der Waals surface area contributed by atoms with Crippen LogP contribution in [-0.4, -0.2) is 54.0 Å². The first-order valence-electron chi connectivity index (χ1n) is 11.1. The van der Waals surface area contributed by atoms with Gasteiger partial charge in [0.05, 0.1) is 17.4 Å². The van der Waals surface area contributed by atoms with E-state index in [9.17, 15) is 14.0 Å². The summed E-state index contributed by atoms with van der Waals surface area (Å²) in [5.74, 6) is -0.610. The molecule has 0 fully saturated rings. The average Bonchev–Trinajstić information content (AvgIpc) is 2.92. The van der Waals surface area contributed by atoms with Crippen molar-refractivity contribution in [3.05, 3.63) is 77.5 Å². The standard InChI is InChI=1S/C25H24ClFN8O2/c1-4-22(36)35(3)21-12-18(8-9-20(21)27)34(2)25-32-15-19(26)23(33-25)29-10-5-11-30-24(37)16-6-7-17(13-28)31-14-16/h4,6-9,12,14-15H,1,5,10-11H2,2-3H3,(H,30,37)(H,29,32,33). The van der Waals surface area contributed by atoms with Gasteiger partial charge in [0, 0.05) is 39.1 Å². The lowest BCUT2D eigenvalue weighted by Crippen LogP contribution is -2.26. The molecule has 3 rings (SSSR count). The van der Waals surface area contributed by atoms with Gasteiger partial charge in [-0.25, -0.2) is 14.4 Å². The number of nitrogens with one attached hydrogen (secondary N) is 2. The van der Waals surface area contributed by atoms with Crippen molar-refractivity contribution in [1.82, 2.24) is 20.3 Å². The molecule has 1 aromatic carbocycles. The predicted molar refractivity (Wildman–Crippen MR) is 140 cm³/mol. The van der Waals surface area contributed by atoms with E-state index in [0.29, 0.717) is 47.6 Å². The molecule has 2 heterocycles. The molecule has 0 bridgehead atoms. The second-order valence-corrected chi connectivity index (χ2v) is 8.15. The zero-order valence-corrected chi connectivity index (χ0v) is 21.0. The van der Waals surface area contributed by atoms with Crippen LogP contribution in [0.1, 0.15) is 22.5 Å². The zero-order chi connectivity index (χ0) is 26.9. The third kappa shape index (κ3) is 6.77. The quantitative estimate of drug-likeness (QED) is 0.305. The van der Waals surface area contributed by atoms with E-state index in [2.05, 4.69) is 32.2 Å². The molecule has 2 amide bonds. The maximum absolute atomic E-state index is 14.3. The van der Waals surface area contributed by atoms with Gasteiger partial charge >= 0.3 is 0 Å². The molecule has 0 saturated heterocycles. The van der Waals surface area contributed by atoms with E-state index < -0.39 is 11.7 Å². The van der Waals surface area contributed by atoms with Crippen molar-refractivity contribution < 1.29 is 14.0 Å². The first kappa shape index (κ1) is 27.0. The number of anilines is 4. The van der Waals surface area contributed by atoms with Gasteiger partial charge in [0.15, 0.2) is 5.82 Å². The highest BCUT2D eigenvalue weighted by Gasteiger charge is 2.17. The van der Waals surface area contributed by atoms with Crippen molar-refractivity contribution in [3.63, 3.8) is 0 Å². The molecular weight excluding hydrogens is 499 g/mol. The summed E-state index contributed by atoms with van der Waals surface area (Å²) in [7, 11) is 3.16. The Balaban J connectivity index is 1.60. The van der Waals surface area contributed by atoms with Gasteiger partial charge in [-0.1, -0.05) is 18.2 Å². The number of aromatic nitrogens is 3. The van der Waals surface area contributed by atoms with E-state index in [-0.39, 0.29) is 17.3 Å². The molecule has 3 aromatic rings. The number of benzene rings is 1. The first-order valence-corrected chi connectivity index (χ1v) is 11.5. The van der Waals surface area contributed by atoms with Crippen LogP contribution in [0.3, 0.4) is 0 Å². The topological polar surface area (TPSA) is 127 Å². The minimum atomic E-state index is -0.559. The number of nitriles is 1. The van der Waals surface area contributed by atoms with Crippen LogP contribution in [0, 0.1) is 17.1 Å². The molecule has 37 heavy (non-hydrogen) atoms. The Bertz CT molecular complexity index is 1340. The van der Waals surface area contributed by atoms with Gasteiger partial charge in [0.2, 0.25) is 11.9 Å². The molecule has 0 aliphatic heterocycles. The highest BCUT2D eigenvalue weighted by Crippen LogP contribution is 2.29. The summed E-state index contributed by atoms with van der Waals surface area (Å²) in [5.41, 5.74) is 1.23. The third-order valence-electron chi connectivity index (χ3n) is 5.29. The molecule has 12 heteroatoms. The number of pyridine rings is 1. The van der Waals surface area contributed by atoms with Crippen molar-refractivity contribution in [3.8, 4) is 6.07 Å². The van der Waals surface area contributed by atoms with Crippen LogP contribution in [0.4, 0.5) is 27.5 Å². The number of amides is 2. The minimum Gasteiger partial charge on any atom is -0.369 e. The molecule has 190 valence electrons. The largest absolute Gasteiger partial charge is 0.369 e. The molecule has 0 aliphatic carbocycles. The van der Waals surface area contributed by atoms with Crippen molar-refractivity contribution >= 4 is 46.6 Å². The van der Waals surface area contributed by atoms with Crippen LogP contribution >= 0.6 is 11.6 Å². The summed E-state index contributed by atoms with van der Waals surface area (Å²) in [6.45, 7) is 4.27. The van der Waals surface area contributed by atoms with E-state index in [0.717, 1.165) is 11.0 Å². The zero-order valence-electron chi connectivity index (χ0n) is 20.2. The Morgan fingerprint density at radius 1 is 1.19 bits per heavy atom. The lowest BCUT2D eigenvalue weighted by Gasteiger charge is -2.22. The van der Waals surface area contributed by atoms with E-state index >= 15 is 0 Å². The van der Waals surface area contributed by atoms with Crippen molar-refractivity contribution in [2.75, 3.05) is 42.3 Å². The minimum absolute atomic E-state index is 0.0837. The Labute approximate surface area is 218 Å². The van der Waals surface area contributed by atoms with Crippen molar-refractivity contribution in [2.24, 2.45) is 0 Å². The van der Waals surface area contributed by atoms with Crippen LogP contribution < -0.4 is 20.4 Å². The maximum atomic E-state index is 14.3. The lowest BCUT2D eigenvalue weighted by molar-refractivity contribution is -0.113. The van der Waals surface area contributed by atoms with Gasteiger partial charge in [-0.2, -0.15) is 10.2 Å². The molecule has 0 atom stereocenters. The van der Waals surface area contributed by atoms with Crippen LogP contribution in [0.5, 0.6) is 0 Å². The Morgan fingerprint density at radius 3 is 2.65 bits per heavy atom. The number of hydrogen-bond acceptors (Lipinski definition) is 8. The number of halogens is 2. The molecule has 10 nitrogen and oxygen atoms in total. The highest BCUT2D eigenvalue weighted by atomic mass is 35.5. The SMILES string of the molecule is C=CC(=O)N(C)c1cc(N(C)c2ncc(Cl)c(NCCCNC(=O)c3ccc(C#N)nc3)n2)ccc1F. The summed E-state index contributed by atoms with van der Waals surface area (Å²) in [5, 5.41) is 15.0. The number of nitrogens with zero attached hydrogens (tertiary/aromatic N) is 6. The number of rotatable bonds is 10. The molecule has 0 radical (unpaired) electrons. The molecule has 2 aromatic heterocycles. The van der Waals surface area contributed by atoms with E-state index in [1.54, 1.807) is 18.0 Å². The number of likely N-dealkylation sites (N-methyl/N-ethyl adjacent to an activating group) is 1. The molecule has 0 spiro atoms. The third-order valence-corrected chi connectivity index (χ3v) is 5.56. The van der Waals surface area contributed by atoms with Crippen LogP contribution in [-0.2, 0) is 4.79 Å². The van der Waals surface area contributed by atoms with Gasteiger partial charge in [0.1, 0.15) is 22.6 Å². The normalized spacial score (nSPS) is 10.2. The highest BCUT2D eigenvalue weighted by molar-refractivity contribution is 6.32. The van der Waals surface area contributed by atoms with Crippen LogP contribution in [0.15, 0.2) is 55.4 Å². The van der Waals surface area contributed by atoms with E-state index in [1.807, 2.05) is 6.07 Å². The molecule has 0 aliphatic rings. The Hall–Kier alpha value is -4.56. The van der Waals surface area contributed by atoms with E-state index in [4.69, 9.17) is 16.9 Å².